The van der Waals surface area contributed by atoms with Crippen molar-refractivity contribution in [3.05, 3.63) is 82.9 Å². The lowest BCUT2D eigenvalue weighted by Crippen LogP contribution is -2.13. The molecule has 0 radical (unpaired) electrons. The highest BCUT2D eigenvalue weighted by atomic mass is 32.2. The highest BCUT2D eigenvalue weighted by Gasteiger charge is 2.12. The van der Waals surface area contributed by atoms with Crippen LogP contribution in [0.3, 0.4) is 0 Å². The molecule has 0 fully saturated rings. The standard InChI is InChI=1S/C24H25NO3S/c1-16-8-10-21(12-17(16)2)28-15-19-13-18(9-11-23(19)27-3)24(26)25-20-6-5-7-22(14-20)29-4/h5-14H,15H2,1-4H3,(H,25,26). The number of nitrogens with one attached hydrogen (secondary N) is 1. The zero-order valence-electron chi connectivity index (χ0n) is 17.1. The fraction of sp³-hybridized carbons (Fsp3) is 0.208. The third-order valence-electron chi connectivity index (χ3n) is 4.74. The Balaban J connectivity index is 1.76. The van der Waals surface area contributed by atoms with Gasteiger partial charge in [-0.25, -0.2) is 0 Å². The van der Waals surface area contributed by atoms with E-state index in [0.717, 1.165) is 21.9 Å². The Morgan fingerprint density at radius 2 is 1.83 bits per heavy atom. The predicted molar refractivity (Wildman–Crippen MR) is 119 cm³/mol. The number of hydrogen-bond donors (Lipinski definition) is 1. The van der Waals surface area contributed by atoms with Gasteiger partial charge in [0.2, 0.25) is 0 Å². The highest BCUT2D eigenvalue weighted by Crippen LogP contribution is 2.25. The van der Waals surface area contributed by atoms with E-state index in [0.29, 0.717) is 17.9 Å². The molecule has 0 bridgehead atoms. The number of carbonyl (C=O) groups excluding carboxylic acids is 1. The normalized spacial score (nSPS) is 10.5. The van der Waals surface area contributed by atoms with Crippen LogP contribution in [0.5, 0.6) is 11.5 Å². The molecule has 1 N–H and O–H groups in total. The minimum absolute atomic E-state index is 0.168. The first kappa shape index (κ1) is 20.8. The summed E-state index contributed by atoms with van der Waals surface area (Å²) in [5.74, 6) is 1.31. The van der Waals surface area contributed by atoms with E-state index in [-0.39, 0.29) is 5.91 Å². The van der Waals surface area contributed by atoms with Crippen molar-refractivity contribution in [2.45, 2.75) is 25.3 Å². The molecule has 0 aliphatic rings. The minimum atomic E-state index is -0.168. The fourth-order valence-corrected chi connectivity index (χ4v) is 3.36. The second kappa shape index (κ2) is 9.52. The van der Waals surface area contributed by atoms with E-state index in [1.807, 2.05) is 54.8 Å². The van der Waals surface area contributed by atoms with Crippen LogP contribution in [0.25, 0.3) is 0 Å². The Kier molecular flexibility index (Phi) is 6.83. The average Bonchev–Trinajstić information content (AvgIpc) is 2.74. The largest absolute Gasteiger partial charge is 0.496 e. The number of hydrogen-bond acceptors (Lipinski definition) is 4. The first-order valence-corrected chi connectivity index (χ1v) is 10.5. The lowest BCUT2D eigenvalue weighted by molar-refractivity contribution is 0.102. The number of carbonyl (C=O) groups is 1. The molecule has 0 spiro atoms. The monoisotopic (exact) mass is 407 g/mol. The number of methoxy groups -OCH3 is 1. The first-order valence-electron chi connectivity index (χ1n) is 9.32. The van der Waals surface area contributed by atoms with Gasteiger partial charge in [-0.15, -0.1) is 11.8 Å². The number of ether oxygens (including phenoxy) is 2. The maximum absolute atomic E-state index is 12.7. The summed E-state index contributed by atoms with van der Waals surface area (Å²) in [6, 6.07) is 19.1. The number of benzene rings is 3. The molecule has 0 saturated carbocycles. The molecule has 29 heavy (non-hydrogen) atoms. The molecule has 0 aliphatic heterocycles. The van der Waals surface area contributed by atoms with E-state index in [4.69, 9.17) is 9.47 Å². The van der Waals surface area contributed by atoms with E-state index in [1.165, 1.54) is 11.1 Å². The van der Waals surface area contributed by atoms with Gasteiger partial charge >= 0.3 is 0 Å². The lowest BCUT2D eigenvalue weighted by Gasteiger charge is -2.13. The van der Waals surface area contributed by atoms with Crippen molar-refractivity contribution in [3.8, 4) is 11.5 Å². The van der Waals surface area contributed by atoms with Gasteiger partial charge in [0.05, 0.1) is 7.11 Å². The number of aryl methyl sites for hydroxylation is 2. The van der Waals surface area contributed by atoms with Gasteiger partial charge < -0.3 is 14.8 Å². The van der Waals surface area contributed by atoms with Crippen molar-refractivity contribution in [2.75, 3.05) is 18.7 Å². The van der Waals surface area contributed by atoms with E-state index < -0.39 is 0 Å². The summed E-state index contributed by atoms with van der Waals surface area (Å²) in [6.45, 7) is 4.44. The van der Waals surface area contributed by atoms with Gasteiger partial charge in [-0.05, 0) is 79.8 Å². The Bertz CT molecular complexity index is 1020. The third-order valence-corrected chi connectivity index (χ3v) is 5.47. The Morgan fingerprint density at radius 3 is 2.55 bits per heavy atom. The second-order valence-corrected chi connectivity index (χ2v) is 7.63. The number of amides is 1. The van der Waals surface area contributed by atoms with Crippen LogP contribution in [0.4, 0.5) is 5.69 Å². The molecule has 0 atom stereocenters. The van der Waals surface area contributed by atoms with Gasteiger partial charge in [-0.2, -0.15) is 0 Å². The van der Waals surface area contributed by atoms with Gasteiger partial charge in [0, 0.05) is 21.7 Å². The molecule has 5 heteroatoms. The zero-order chi connectivity index (χ0) is 20.8. The molecule has 150 valence electrons. The van der Waals surface area contributed by atoms with Crippen molar-refractivity contribution in [1.82, 2.24) is 0 Å². The van der Waals surface area contributed by atoms with E-state index in [1.54, 1.807) is 31.0 Å². The zero-order valence-corrected chi connectivity index (χ0v) is 17.9. The van der Waals surface area contributed by atoms with Crippen molar-refractivity contribution in [3.63, 3.8) is 0 Å². The number of rotatable bonds is 7. The summed E-state index contributed by atoms with van der Waals surface area (Å²) in [5, 5.41) is 2.95. The van der Waals surface area contributed by atoms with Gasteiger partial charge in [0.25, 0.3) is 5.91 Å². The summed E-state index contributed by atoms with van der Waals surface area (Å²) in [4.78, 5) is 13.8. The van der Waals surface area contributed by atoms with Crippen molar-refractivity contribution >= 4 is 23.4 Å². The van der Waals surface area contributed by atoms with Crippen LogP contribution in [0, 0.1) is 13.8 Å². The van der Waals surface area contributed by atoms with Crippen LogP contribution in [-0.4, -0.2) is 19.3 Å². The highest BCUT2D eigenvalue weighted by molar-refractivity contribution is 7.98. The average molecular weight is 408 g/mol. The summed E-state index contributed by atoms with van der Waals surface area (Å²) in [5.41, 5.74) is 4.54. The molecule has 0 aromatic heterocycles. The molecule has 3 aromatic carbocycles. The Labute approximate surface area is 176 Å². The second-order valence-electron chi connectivity index (χ2n) is 6.75. The molecule has 3 rings (SSSR count). The first-order chi connectivity index (χ1) is 14.0. The van der Waals surface area contributed by atoms with Crippen LogP contribution >= 0.6 is 11.8 Å². The van der Waals surface area contributed by atoms with Crippen LogP contribution in [-0.2, 0) is 6.61 Å². The molecule has 0 saturated heterocycles. The van der Waals surface area contributed by atoms with Gasteiger partial charge in [-0.3, -0.25) is 4.79 Å². The van der Waals surface area contributed by atoms with Crippen LogP contribution < -0.4 is 14.8 Å². The number of anilines is 1. The summed E-state index contributed by atoms with van der Waals surface area (Å²) >= 11 is 1.64. The fourth-order valence-electron chi connectivity index (χ4n) is 2.90. The molecular weight excluding hydrogens is 382 g/mol. The van der Waals surface area contributed by atoms with Crippen LogP contribution in [0.2, 0.25) is 0 Å². The predicted octanol–water partition coefficient (Wildman–Crippen LogP) is 5.87. The minimum Gasteiger partial charge on any atom is -0.496 e. The van der Waals surface area contributed by atoms with Crippen molar-refractivity contribution < 1.29 is 14.3 Å². The smallest absolute Gasteiger partial charge is 0.255 e. The summed E-state index contributed by atoms with van der Waals surface area (Å²) < 4.78 is 11.4. The molecule has 3 aromatic rings. The lowest BCUT2D eigenvalue weighted by atomic mass is 10.1. The number of thioether (sulfide) groups is 1. The van der Waals surface area contributed by atoms with Crippen LogP contribution in [0.1, 0.15) is 27.0 Å². The summed E-state index contributed by atoms with van der Waals surface area (Å²) in [6.07, 6.45) is 2.01. The Hall–Kier alpha value is -2.92. The maximum Gasteiger partial charge on any atom is 0.255 e. The van der Waals surface area contributed by atoms with Crippen molar-refractivity contribution in [2.24, 2.45) is 0 Å². The van der Waals surface area contributed by atoms with Crippen molar-refractivity contribution in [1.29, 1.82) is 0 Å². The maximum atomic E-state index is 12.7. The van der Waals surface area contributed by atoms with Gasteiger partial charge in [0.1, 0.15) is 18.1 Å². The molecule has 0 unspecified atom stereocenters. The molecule has 0 aliphatic carbocycles. The van der Waals surface area contributed by atoms with Gasteiger partial charge in [-0.1, -0.05) is 12.1 Å². The Morgan fingerprint density at radius 1 is 1.00 bits per heavy atom. The van der Waals surface area contributed by atoms with Crippen LogP contribution in [0.15, 0.2) is 65.6 Å². The molecule has 0 heterocycles. The molecule has 1 amide bonds. The molecule has 4 nitrogen and oxygen atoms in total. The SMILES string of the molecule is COc1ccc(C(=O)Nc2cccc(SC)c2)cc1COc1ccc(C)c(C)c1. The third kappa shape index (κ3) is 5.33. The van der Waals surface area contributed by atoms with E-state index in [9.17, 15) is 4.79 Å². The van der Waals surface area contributed by atoms with Gasteiger partial charge in [0.15, 0.2) is 0 Å². The quantitative estimate of drug-likeness (QED) is 0.498. The molecular formula is C24H25NO3S. The summed E-state index contributed by atoms with van der Waals surface area (Å²) in [7, 11) is 1.61. The topological polar surface area (TPSA) is 47.6 Å². The van der Waals surface area contributed by atoms with E-state index in [2.05, 4.69) is 19.2 Å². The van der Waals surface area contributed by atoms with E-state index >= 15 is 0 Å².